The number of hydrogen-bond acceptors (Lipinski definition) is 4. The number of hydrogen-bond donors (Lipinski definition) is 1. The average Bonchev–Trinajstić information content (AvgIpc) is 2.96. The number of thiazole rings is 1. The maximum atomic E-state index is 11.3. The number of nitrogens with two attached hydrogens (primary N) is 1. The van der Waals surface area contributed by atoms with Gasteiger partial charge in [-0.05, 0) is 31.5 Å². The van der Waals surface area contributed by atoms with Crippen LogP contribution in [-0.2, 0) is 11.3 Å². The van der Waals surface area contributed by atoms with Crippen molar-refractivity contribution in [2.24, 2.45) is 11.7 Å². The van der Waals surface area contributed by atoms with Crippen LogP contribution in [0, 0.1) is 5.92 Å². The molecule has 4 nitrogen and oxygen atoms in total. The van der Waals surface area contributed by atoms with Gasteiger partial charge in [-0.15, -0.1) is 11.3 Å². The molecular weight excluding hydrogens is 318 g/mol. The molecule has 1 atom stereocenters. The Labute approximate surface area is 138 Å². The van der Waals surface area contributed by atoms with Gasteiger partial charge in [0.1, 0.15) is 5.01 Å². The van der Waals surface area contributed by atoms with Crippen LogP contribution in [0.3, 0.4) is 0 Å². The minimum absolute atomic E-state index is 0.0249. The molecule has 0 radical (unpaired) electrons. The van der Waals surface area contributed by atoms with E-state index in [0.29, 0.717) is 0 Å². The lowest BCUT2D eigenvalue weighted by atomic mass is 9.97. The lowest BCUT2D eigenvalue weighted by Gasteiger charge is -2.30. The van der Waals surface area contributed by atoms with Gasteiger partial charge in [-0.1, -0.05) is 23.7 Å². The first-order valence-corrected chi connectivity index (χ1v) is 8.59. The number of halogens is 1. The van der Waals surface area contributed by atoms with Gasteiger partial charge in [-0.2, -0.15) is 0 Å². The smallest absolute Gasteiger partial charge is 0.221 e. The number of rotatable bonds is 4. The van der Waals surface area contributed by atoms with Crippen LogP contribution in [0.4, 0.5) is 0 Å². The van der Waals surface area contributed by atoms with E-state index in [9.17, 15) is 4.79 Å². The van der Waals surface area contributed by atoms with Crippen molar-refractivity contribution in [1.82, 2.24) is 9.88 Å². The largest absolute Gasteiger partial charge is 0.369 e. The Hall–Kier alpha value is -1.43. The number of carbonyl (C=O) groups is 1. The topological polar surface area (TPSA) is 59.2 Å². The predicted octanol–water partition coefficient (Wildman–Crippen LogP) is 3.16. The predicted molar refractivity (Wildman–Crippen MR) is 89.8 cm³/mol. The van der Waals surface area contributed by atoms with Gasteiger partial charge in [-0.3, -0.25) is 9.69 Å². The highest BCUT2D eigenvalue weighted by molar-refractivity contribution is 7.13. The van der Waals surface area contributed by atoms with Gasteiger partial charge in [0.2, 0.25) is 5.91 Å². The third kappa shape index (κ3) is 3.66. The molecular formula is C16H18ClN3OS. The highest BCUT2D eigenvalue weighted by Crippen LogP contribution is 2.26. The van der Waals surface area contributed by atoms with E-state index >= 15 is 0 Å². The molecule has 0 unspecified atom stereocenters. The molecule has 0 aliphatic carbocycles. The zero-order valence-corrected chi connectivity index (χ0v) is 13.7. The van der Waals surface area contributed by atoms with Crippen molar-refractivity contribution in [3.05, 3.63) is 40.4 Å². The molecule has 0 bridgehead atoms. The molecule has 1 aromatic carbocycles. The number of carbonyl (C=O) groups excluding carboxylic acids is 1. The first-order chi connectivity index (χ1) is 10.6. The standard InChI is InChI=1S/C16H18ClN3OS/c17-13-5-3-11(4-6-13)16-19-14(10-22-16)9-20-7-1-2-12(8-20)15(18)21/h3-6,10,12H,1-2,7-9H2,(H2,18,21)/t12-/m1/s1. The fourth-order valence-corrected chi connectivity index (χ4v) is 3.71. The van der Waals surface area contributed by atoms with Crippen LogP contribution in [0.2, 0.25) is 5.02 Å². The van der Waals surface area contributed by atoms with E-state index in [2.05, 4.69) is 10.3 Å². The number of amides is 1. The van der Waals surface area contributed by atoms with Crippen molar-refractivity contribution < 1.29 is 4.79 Å². The van der Waals surface area contributed by atoms with Gasteiger partial charge in [-0.25, -0.2) is 4.98 Å². The van der Waals surface area contributed by atoms with Crippen LogP contribution in [0.1, 0.15) is 18.5 Å². The molecule has 1 aliphatic rings. The number of aromatic nitrogens is 1. The van der Waals surface area contributed by atoms with Gasteiger partial charge in [0.25, 0.3) is 0 Å². The normalized spacial score (nSPS) is 19.2. The van der Waals surface area contributed by atoms with Crippen LogP contribution < -0.4 is 5.73 Å². The second-order valence-corrected chi connectivity index (χ2v) is 6.92. The minimum Gasteiger partial charge on any atom is -0.369 e. The summed E-state index contributed by atoms with van der Waals surface area (Å²) >= 11 is 7.54. The molecule has 2 N–H and O–H groups in total. The van der Waals surface area contributed by atoms with E-state index in [0.717, 1.165) is 53.8 Å². The number of nitrogens with zero attached hydrogens (tertiary/aromatic N) is 2. The first-order valence-electron chi connectivity index (χ1n) is 7.34. The van der Waals surface area contributed by atoms with E-state index in [1.54, 1.807) is 11.3 Å². The zero-order valence-electron chi connectivity index (χ0n) is 12.2. The Balaban J connectivity index is 1.66. The van der Waals surface area contributed by atoms with Gasteiger partial charge in [0.05, 0.1) is 11.6 Å². The third-order valence-electron chi connectivity index (χ3n) is 3.94. The average molecular weight is 336 g/mol. The summed E-state index contributed by atoms with van der Waals surface area (Å²) in [5.41, 5.74) is 7.54. The summed E-state index contributed by atoms with van der Waals surface area (Å²) in [5.74, 6) is -0.215. The van der Waals surface area contributed by atoms with Gasteiger partial charge < -0.3 is 5.73 Å². The molecule has 1 fully saturated rings. The van der Waals surface area contributed by atoms with Crippen molar-refractivity contribution in [1.29, 1.82) is 0 Å². The van der Waals surface area contributed by atoms with Crippen LogP contribution in [0.15, 0.2) is 29.6 Å². The summed E-state index contributed by atoms with van der Waals surface area (Å²) < 4.78 is 0. The second kappa shape index (κ2) is 6.77. The maximum Gasteiger partial charge on any atom is 0.221 e. The fraction of sp³-hybridized carbons (Fsp3) is 0.375. The molecule has 1 aromatic heterocycles. The van der Waals surface area contributed by atoms with Crippen LogP contribution in [-0.4, -0.2) is 28.9 Å². The number of benzene rings is 1. The summed E-state index contributed by atoms with van der Waals surface area (Å²) in [6.07, 6.45) is 1.92. The summed E-state index contributed by atoms with van der Waals surface area (Å²) in [5, 5.41) is 3.80. The maximum absolute atomic E-state index is 11.3. The molecule has 116 valence electrons. The summed E-state index contributed by atoms with van der Waals surface area (Å²) in [6, 6.07) is 7.71. The van der Waals surface area contributed by atoms with E-state index < -0.39 is 0 Å². The molecule has 2 heterocycles. The summed E-state index contributed by atoms with van der Waals surface area (Å²) in [6.45, 7) is 2.51. The van der Waals surface area contributed by atoms with Crippen LogP contribution in [0.5, 0.6) is 0 Å². The first kappa shape index (κ1) is 15.5. The Morgan fingerprint density at radius 1 is 1.41 bits per heavy atom. The molecule has 0 saturated carbocycles. The molecule has 2 aromatic rings. The Morgan fingerprint density at radius 3 is 2.91 bits per heavy atom. The molecule has 3 rings (SSSR count). The van der Waals surface area contributed by atoms with E-state index in [4.69, 9.17) is 22.3 Å². The number of piperidine rings is 1. The third-order valence-corrected chi connectivity index (χ3v) is 5.13. The van der Waals surface area contributed by atoms with Crippen molar-refractivity contribution in [2.75, 3.05) is 13.1 Å². The summed E-state index contributed by atoms with van der Waals surface area (Å²) in [4.78, 5) is 18.3. The highest BCUT2D eigenvalue weighted by atomic mass is 35.5. The Bertz CT molecular complexity index is 656. The van der Waals surface area contributed by atoms with Crippen molar-refractivity contribution in [3.8, 4) is 10.6 Å². The van der Waals surface area contributed by atoms with Crippen molar-refractivity contribution in [2.45, 2.75) is 19.4 Å². The SMILES string of the molecule is NC(=O)[C@@H]1CCCN(Cc2csc(-c3ccc(Cl)cc3)n2)C1. The number of likely N-dealkylation sites (tertiary alicyclic amines) is 1. The monoisotopic (exact) mass is 335 g/mol. The molecule has 22 heavy (non-hydrogen) atoms. The molecule has 1 aliphatic heterocycles. The van der Waals surface area contributed by atoms with Gasteiger partial charge >= 0.3 is 0 Å². The summed E-state index contributed by atoms with van der Waals surface area (Å²) in [7, 11) is 0. The second-order valence-electron chi connectivity index (χ2n) is 5.63. The van der Waals surface area contributed by atoms with Crippen molar-refractivity contribution >= 4 is 28.8 Å². The number of primary amides is 1. The quantitative estimate of drug-likeness (QED) is 0.933. The molecule has 6 heteroatoms. The van der Waals surface area contributed by atoms with Gasteiger partial charge in [0, 0.05) is 29.1 Å². The van der Waals surface area contributed by atoms with E-state index in [-0.39, 0.29) is 11.8 Å². The minimum atomic E-state index is -0.190. The molecule has 1 amide bonds. The fourth-order valence-electron chi connectivity index (χ4n) is 2.77. The molecule has 0 spiro atoms. The van der Waals surface area contributed by atoms with Crippen LogP contribution >= 0.6 is 22.9 Å². The lowest BCUT2D eigenvalue weighted by molar-refractivity contribution is -0.123. The highest BCUT2D eigenvalue weighted by Gasteiger charge is 2.24. The van der Waals surface area contributed by atoms with Crippen LogP contribution in [0.25, 0.3) is 10.6 Å². The van der Waals surface area contributed by atoms with Crippen molar-refractivity contribution in [3.63, 3.8) is 0 Å². The lowest BCUT2D eigenvalue weighted by Crippen LogP contribution is -2.40. The zero-order chi connectivity index (χ0) is 15.5. The molecule has 1 saturated heterocycles. The Morgan fingerprint density at radius 2 is 2.18 bits per heavy atom. The van der Waals surface area contributed by atoms with E-state index in [1.807, 2.05) is 24.3 Å². The Kier molecular flexibility index (Phi) is 4.76. The van der Waals surface area contributed by atoms with E-state index in [1.165, 1.54) is 0 Å². The van der Waals surface area contributed by atoms with Gasteiger partial charge in [0.15, 0.2) is 0 Å².